The number of benzene rings is 1. The maximum atomic E-state index is 12.7. The molecule has 2 heterocycles. The van der Waals surface area contributed by atoms with Gasteiger partial charge in [-0.15, -0.1) is 0 Å². The van der Waals surface area contributed by atoms with E-state index in [1.807, 2.05) is 0 Å². The summed E-state index contributed by atoms with van der Waals surface area (Å²) in [6, 6.07) is 7.13. The summed E-state index contributed by atoms with van der Waals surface area (Å²) in [7, 11) is -1.79. The van der Waals surface area contributed by atoms with Gasteiger partial charge in [-0.3, -0.25) is 0 Å². The van der Waals surface area contributed by atoms with Crippen LogP contribution in [0.2, 0.25) is 0 Å². The molecule has 2 fully saturated rings. The molecule has 2 aliphatic rings. The number of ether oxygens (including phenoxy) is 1. The monoisotopic (exact) mass is 297 g/mol. The van der Waals surface area contributed by atoms with Gasteiger partial charge in [0, 0.05) is 12.8 Å². The highest BCUT2D eigenvalue weighted by Crippen LogP contribution is 2.21. The molecule has 110 valence electrons. The minimum Gasteiger partial charge on any atom is -0.497 e. The number of piperazine rings is 1. The highest BCUT2D eigenvalue weighted by molar-refractivity contribution is 7.89. The standard InChI is InChI=1S/C14H20N2O3S/c1-19-13-4-6-14(7-5-13)20(17,18)16-10-9-15-8-2-3-12(15)11-16/h4-7,12H,2-3,8-11H2,1H3/p+1/t12-/m1/s1. The van der Waals surface area contributed by atoms with E-state index in [1.165, 1.54) is 13.0 Å². The van der Waals surface area contributed by atoms with Crippen molar-refractivity contribution in [2.75, 3.05) is 33.3 Å². The molecule has 1 aromatic rings. The zero-order valence-electron chi connectivity index (χ0n) is 11.7. The van der Waals surface area contributed by atoms with Crippen molar-refractivity contribution in [3.8, 4) is 5.75 Å². The molecule has 2 atom stereocenters. The summed E-state index contributed by atoms with van der Waals surface area (Å²) in [6.45, 7) is 3.41. The van der Waals surface area contributed by atoms with Gasteiger partial charge in [0.05, 0.1) is 38.2 Å². The molecule has 0 amide bonds. The van der Waals surface area contributed by atoms with Crippen molar-refractivity contribution >= 4 is 10.0 Å². The summed E-state index contributed by atoms with van der Waals surface area (Å²) in [6.07, 6.45) is 2.36. The Morgan fingerprint density at radius 1 is 1.25 bits per heavy atom. The van der Waals surface area contributed by atoms with Gasteiger partial charge < -0.3 is 9.64 Å². The zero-order chi connectivity index (χ0) is 14.2. The Balaban J connectivity index is 1.80. The average molecular weight is 297 g/mol. The summed E-state index contributed by atoms with van der Waals surface area (Å²) < 4.78 is 32.0. The molecule has 0 spiro atoms. The molecule has 0 aliphatic carbocycles. The number of methoxy groups -OCH3 is 1. The maximum Gasteiger partial charge on any atom is 0.243 e. The quantitative estimate of drug-likeness (QED) is 0.837. The van der Waals surface area contributed by atoms with Gasteiger partial charge in [0.2, 0.25) is 10.0 Å². The summed E-state index contributed by atoms with van der Waals surface area (Å²) >= 11 is 0. The normalized spacial score (nSPS) is 27.2. The second-order valence-corrected chi connectivity index (χ2v) is 7.47. The minimum absolute atomic E-state index is 0.361. The first kappa shape index (κ1) is 13.9. The lowest BCUT2D eigenvalue weighted by molar-refractivity contribution is -0.916. The van der Waals surface area contributed by atoms with E-state index in [0.29, 0.717) is 29.8 Å². The van der Waals surface area contributed by atoms with Crippen LogP contribution in [0.3, 0.4) is 0 Å². The summed E-state index contributed by atoms with van der Waals surface area (Å²) in [4.78, 5) is 1.94. The Kier molecular flexibility index (Phi) is 3.70. The average Bonchev–Trinajstić information content (AvgIpc) is 2.94. The van der Waals surface area contributed by atoms with Crippen molar-refractivity contribution in [1.29, 1.82) is 0 Å². The molecule has 0 saturated carbocycles. The summed E-state index contributed by atoms with van der Waals surface area (Å²) in [5.74, 6) is 0.675. The van der Waals surface area contributed by atoms with Crippen LogP contribution >= 0.6 is 0 Å². The fourth-order valence-electron chi connectivity index (χ4n) is 3.25. The van der Waals surface area contributed by atoms with Crippen molar-refractivity contribution in [1.82, 2.24) is 4.31 Å². The number of nitrogens with zero attached hydrogens (tertiary/aromatic N) is 1. The van der Waals surface area contributed by atoms with Crippen LogP contribution < -0.4 is 9.64 Å². The Bertz CT molecular complexity index is 571. The van der Waals surface area contributed by atoms with E-state index in [-0.39, 0.29) is 0 Å². The molecule has 0 bridgehead atoms. The van der Waals surface area contributed by atoms with Gasteiger partial charge in [-0.05, 0) is 24.3 Å². The van der Waals surface area contributed by atoms with E-state index in [2.05, 4.69) is 0 Å². The predicted octanol–water partition coefficient (Wildman–Crippen LogP) is -0.253. The highest BCUT2D eigenvalue weighted by atomic mass is 32.2. The Morgan fingerprint density at radius 2 is 2.00 bits per heavy atom. The van der Waals surface area contributed by atoms with Crippen LogP contribution in [0, 0.1) is 0 Å². The molecule has 1 N–H and O–H groups in total. The second-order valence-electron chi connectivity index (χ2n) is 5.54. The van der Waals surface area contributed by atoms with Gasteiger partial charge in [0.15, 0.2) is 0 Å². The van der Waals surface area contributed by atoms with E-state index in [9.17, 15) is 8.42 Å². The first-order valence-electron chi connectivity index (χ1n) is 7.10. The van der Waals surface area contributed by atoms with Gasteiger partial charge in [-0.25, -0.2) is 8.42 Å². The highest BCUT2D eigenvalue weighted by Gasteiger charge is 2.39. The Hall–Kier alpha value is -1.11. The van der Waals surface area contributed by atoms with Crippen LogP contribution in [-0.2, 0) is 10.0 Å². The summed E-state index contributed by atoms with van der Waals surface area (Å²) in [5, 5.41) is 0. The predicted molar refractivity (Wildman–Crippen MR) is 75.5 cm³/mol. The lowest BCUT2D eigenvalue weighted by Gasteiger charge is -2.34. The molecule has 6 heteroatoms. The second kappa shape index (κ2) is 5.35. The number of nitrogens with one attached hydrogen (secondary N) is 1. The molecule has 2 saturated heterocycles. The lowest BCUT2D eigenvalue weighted by atomic mass is 10.2. The number of rotatable bonds is 3. The molecule has 0 aromatic heterocycles. The first-order chi connectivity index (χ1) is 9.61. The third-order valence-electron chi connectivity index (χ3n) is 4.43. The van der Waals surface area contributed by atoms with E-state index >= 15 is 0 Å². The van der Waals surface area contributed by atoms with Gasteiger partial charge in [-0.1, -0.05) is 0 Å². The van der Waals surface area contributed by atoms with Crippen LogP contribution in [0.25, 0.3) is 0 Å². The molecule has 3 rings (SSSR count). The molecule has 1 unspecified atom stereocenters. The number of sulfonamides is 1. The van der Waals surface area contributed by atoms with Crippen LogP contribution in [0.15, 0.2) is 29.2 Å². The van der Waals surface area contributed by atoms with Gasteiger partial charge >= 0.3 is 0 Å². The largest absolute Gasteiger partial charge is 0.497 e. The molecule has 1 aromatic carbocycles. The number of hydrogen-bond acceptors (Lipinski definition) is 3. The molecular weight excluding hydrogens is 276 g/mol. The van der Waals surface area contributed by atoms with E-state index in [1.54, 1.807) is 40.6 Å². The Labute approximate surface area is 120 Å². The summed E-state index contributed by atoms with van der Waals surface area (Å²) in [5.41, 5.74) is 0. The molecule has 2 aliphatic heterocycles. The zero-order valence-corrected chi connectivity index (χ0v) is 12.5. The topological polar surface area (TPSA) is 51.1 Å². The van der Waals surface area contributed by atoms with Crippen LogP contribution in [0.4, 0.5) is 0 Å². The van der Waals surface area contributed by atoms with Crippen molar-refractivity contribution in [3.05, 3.63) is 24.3 Å². The first-order valence-corrected chi connectivity index (χ1v) is 8.54. The fourth-order valence-corrected chi connectivity index (χ4v) is 4.74. The minimum atomic E-state index is -3.36. The smallest absolute Gasteiger partial charge is 0.243 e. The van der Waals surface area contributed by atoms with Crippen molar-refractivity contribution in [2.45, 2.75) is 23.8 Å². The van der Waals surface area contributed by atoms with Gasteiger partial charge in [0.1, 0.15) is 11.8 Å². The van der Waals surface area contributed by atoms with E-state index < -0.39 is 10.0 Å². The maximum absolute atomic E-state index is 12.7. The molecule has 20 heavy (non-hydrogen) atoms. The Morgan fingerprint density at radius 3 is 2.70 bits per heavy atom. The van der Waals surface area contributed by atoms with E-state index in [0.717, 1.165) is 13.0 Å². The third-order valence-corrected chi connectivity index (χ3v) is 6.31. The van der Waals surface area contributed by atoms with Crippen LogP contribution in [-0.4, -0.2) is 52.1 Å². The van der Waals surface area contributed by atoms with Gasteiger partial charge in [-0.2, -0.15) is 4.31 Å². The number of fused-ring (bicyclic) bond motifs is 1. The van der Waals surface area contributed by atoms with Crippen molar-refractivity contribution < 1.29 is 18.1 Å². The van der Waals surface area contributed by atoms with E-state index in [4.69, 9.17) is 4.74 Å². The fraction of sp³-hybridized carbons (Fsp3) is 0.571. The van der Waals surface area contributed by atoms with Crippen LogP contribution in [0.5, 0.6) is 5.75 Å². The molecule has 5 nitrogen and oxygen atoms in total. The number of hydrogen-bond donors (Lipinski definition) is 1. The van der Waals surface area contributed by atoms with Gasteiger partial charge in [0.25, 0.3) is 0 Å². The van der Waals surface area contributed by atoms with Crippen LogP contribution in [0.1, 0.15) is 12.8 Å². The lowest BCUT2D eigenvalue weighted by Crippen LogP contribution is -3.16. The van der Waals surface area contributed by atoms with Crippen molar-refractivity contribution in [2.24, 2.45) is 0 Å². The molecular formula is C14H21N2O3S+. The number of quaternary nitrogens is 1. The third kappa shape index (κ3) is 2.43. The molecule has 0 radical (unpaired) electrons. The van der Waals surface area contributed by atoms with Crippen molar-refractivity contribution in [3.63, 3.8) is 0 Å². The SMILES string of the molecule is COc1ccc(S(=O)(=O)N2CC[NH+]3CCC[C@@H]3C2)cc1.